The molecule has 0 spiro atoms. The van der Waals surface area contributed by atoms with E-state index in [0.29, 0.717) is 9.83 Å². The van der Waals surface area contributed by atoms with Crippen LogP contribution in [0, 0.1) is 5.82 Å². The van der Waals surface area contributed by atoms with Gasteiger partial charge in [-0.15, -0.1) is 0 Å². The predicted octanol–water partition coefficient (Wildman–Crippen LogP) is 4.33. The predicted molar refractivity (Wildman–Crippen MR) is 106 cm³/mol. The lowest BCUT2D eigenvalue weighted by atomic mass is 10.2. The number of hydrogen-bond acceptors (Lipinski definition) is 5. The quantitative estimate of drug-likeness (QED) is 0.643. The molecule has 144 valence electrons. The fourth-order valence-corrected chi connectivity index (χ4v) is 3.91. The summed E-state index contributed by atoms with van der Waals surface area (Å²) >= 11 is 1.29. The third-order valence-electron chi connectivity index (χ3n) is 4.32. The number of imidazole rings is 1. The van der Waals surface area contributed by atoms with Crippen molar-refractivity contribution in [1.29, 1.82) is 0 Å². The molecule has 0 unspecified atom stereocenters. The molecule has 8 heteroatoms. The average molecular weight is 398 g/mol. The molecule has 0 atom stereocenters. The molecule has 4 rings (SSSR count). The van der Waals surface area contributed by atoms with Crippen LogP contribution < -0.4 is 4.90 Å². The number of H-pyrrole nitrogens is 1. The average Bonchev–Trinajstić information content (AvgIpc) is 3.37. The van der Waals surface area contributed by atoms with Gasteiger partial charge in [-0.2, -0.15) is 0 Å². The smallest absolute Gasteiger partial charge is 0.232 e. The Labute approximate surface area is 165 Å². The first-order valence-corrected chi connectivity index (χ1v) is 9.84. The third kappa shape index (κ3) is 4.12. The van der Waals surface area contributed by atoms with E-state index >= 15 is 0 Å². The first kappa shape index (κ1) is 18.4. The van der Waals surface area contributed by atoms with Crippen LogP contribution in [0.15, 0.2) is 54.7 Å². The molecule has 0 radical (unpaired) electrons. The number of carbonyl (C=O) groups excluding carboxylic acids is 1. The number of aromatic amines is 1. The minimum atomic E-state index is -0.395. The molecule has 1 amide bonds. The molecule has 0 bridgehead atoms. The number of benzene rings is 1. The monoisotopic (exact) mass is 398 g/mol. The molecule has 28 heavy (non-hydrogen) atoms. The Morgan fingerprint density at radius 2 is 2.29 bits per heavy atom. The number of para-hydroxylation sites is 1. The van der Waals surface area contributed by atoms with E-state index in [0.717, 1.165) is 24.3 Å². The number of allylic oxidation sites excluding steroid dienone is 3. The van der Waals surface area contributed by atoms with Crippen molar-refractivity contribution in [1.82, 2.24) is 15.0 Å². The van der Waals surface area contributed by atoms with Gasteiger partial charge < -0.3 is 9.72 Å². The molecule has 1 aromatic carbocycles. The minimum absolute atomic E-state index is 0.144. The van der Waals surface area contributed by atoms with Crippen molar-refractivity contribution in [2.45, 2.75) is 25.8 Å². The van der Waals surface area contributed by atoms with Gasteiger partial charge in [-0.3, -0.25) is 9.69 Å². The van der Waals surface area contributed by atoms with Crippen LogP contribution >= 0.6 is 11.3 Å². The zero-order valence-electron chi connectivity index (χ0n) is 15.1. The van der Waals surface area contributed by atoms with Gasteiger partial charge >= 0.3 is 0 Å². The summed E-state index contributed by atoms with van der Waals surface area (Å²) in [6, 6.07) is 4.80. The summed E-state index contributed by atoms with van der Waals surface area (Å²) in [5, 5.41) is 0.455. The van der Waals surface area contributed by atoms with Crippen LogP contribution in [-0.2, 0) is 16.1 Å². The number of nitrogens with zero attached hydrogens (tertiary/aromatic N) is 3. The van der Waals surface area contributed by atoms with Gasteiger partial charge in [-0.25, -0.2) is 14.4 Å². The van der Waals surface area contributed by atoms with Gasteiger partial charge in [0.2, 0.25) is 5.91 Å². The first-order valence-electron chi connectivity index (χ1n) is 9.03. The molecule has 6 nitrogen and oxygen atoms in total. The zero-order valence-corrected chi connectivity index (χ0v) is 15.9. The van der Waals surface area contributed by atoms with Crippen LogP contribution in [0.25, 0.3) is 10.2 Å². The second kappa shape index (κ2) is 8.35. The molecule has 0 fully saturated rings. The number of halogens is 1. The largest absolute Gasteiger partial charge is 0.493 e. The van der Waals surface area contributed by atoms with Crippen LogP contribution in [0.2, 0.25) is 0 Å². The molecular formula is C20H19FN4O2S. The van der Waals surface area contributed by atoms with Crippen LogP contribution in [0.1, 0.15) is 25.0 Å². The summed E-state index contributed by atoms with van der Waals surface area (Å²) < 4.78 is 20.4. The summed E-state index contributed by atoms with van der Waals surface area (Å²) in [5.74, 6) is 0.254. The summed E-state index contributed by atoms with van der Waals surface area (Å²) in [5.41, 5.74) is 1.05. The summed E-state index contributed by atoms with van der Waals surface area (Å²) in [6.07, 6.45) is 11.4. The van der Waals surface area contributed by atoms with E-state index in [4.69, 9.17) is 4.74 Å². The van der Waals surface area contributed by atoms with Gasteiger partial charge in [0.1, 0.15) is 17.1 Å². The molecule has 3 aromatic rings. The lowest BCUT2D eigenvalue weighted by molar-refractivity contribution is -0.119. The molecule has 1 N–H and O–H groups in total. The second-order valence-corrected chi connectivity index (χ2v) is 7.33. The lowest BCUT2D eigenvalue weighted by Gasteiger charge is -2.19. The number of thiazole rings is 1. The van der Waals surface area contributed by atoms with Crippen molar-refractivity contribution in [2.24, 2.45) is 0 Å². The normalized spacial score (nSPS) is 13.5. The summed E-state index contributed by atoms with van der Waals surface area (Å²) in [4.78, 5) is 25.8. The standard InChI is InChI=1S/C20H19FN4O2S/c21-16-7-4-8-17-19(16)24-20(28-17)25(12-14-11-22-13-23-14)18(26)9-10-27-15-5-2-1-3-6-15/h2,4-8,11,13H,1,3,9-10,12H2,(H,22,23). The van der Waals surface area contributed by atoms with E-state index in [2.05, 4.69) is 21.0 Å². The maximum atomic E-state index is 14.0. The van der Waals surface area contributed by atoms with Crippen molar-refractivity contribution in [3.05, 3.63) is 66.2 Å². The third-order valence-corrected chi connectivity index (χ3v) is 5.36. The Bertz CT molecular complexity index is 1030. The molecule has 0 aliphatic heterocycles. The molecular weight excluding hydrogens is 379 g/mol. The number of hydrogen-bond donors (Lipinski definition) is 1. The van der Waals surface area contributed by atoms with Crippen LogP contribution in [0.5, 0.6) is 0 Å². The highest BCUT2D eigenvalue weighted by atomic mass is 32.1. The van der Waals surface area contributed by atoms with Crippen molar-refractivity contribution < 1.29 is 13.9 Å². The highest BCUT2D eigenvalue weighted by Crippen LogP contribution is 2.31. The molecule has 1 aliphatic carbocycles. The van der Waals surface area contributed by atoms with Gasteiger partial charge in [0.15, 0.2) is 5.13 Å². The van der Waals surface area contributed by atoms with Crippen molar-refractivity contribution in [3.8, 4) is 0 Å². The number of fused-ring (bicyclic) bond motifs is 1. The molecule has 0 saturated heterocycles. The highest BCUT2D eigenvalue weighted by Gasteiger charge is 2.21. The number of anilines is 1. The van der Waals surface area contributed by atoms with E-state index in [1.165, 1.54) is 17.4 Å². The minimum Gasteiger partial charge on any atom is -0.493 e. The van der Waals surface area contributed by atoms with Gasteiger partial charge in [-0.1, -0.05) is 23.5 Å². The Balaban J connectivity index is 1.52. The summed E-state index contributed by atoms with van der Waals surface area (Å²) in [6.45, 7) is 0.552. The number of carbonyl (C=O) groups is 1. The molecule has 0 saturated carbocycles. The molecule has 2 aromatic heterocycles. The number of nitrogens with one attached hydrogen (secondary N) is 1. The number of ether oxygens (including phenoxy) is 1. The molecule has 1 aliphatic rings. The van der Waals surface area contributed by atoms with E-state index in [9.17, 15) is 9.18 Å². The van der Waals surface area contributed by atoms with E-state index < -0.39 is 5.82 Å². The van der Waals surface area contributed by atoms with E-state index in [-0.39, 0.29) is 31.0 Å². The van der Waals surface area contributed by atoms with Crippen LogP contribution in [0.3, 0.4) is 0 Å². The fourth-order valence-electron chi connectivity index (χ4n) is 2.91. The lowest BCUT2D eigenvalue weighted by Crippen LogP contribution is -2.31. The maximum absolute atomic E-state index is 14.0. The number of rotatable bonds is 7. The Morgan fingerprint density at radius 1 is 1.36 bits per heavy atom. The zero-order chi connectivity index (χ0) is 19.3. The van der Waals surface area contributed by atoms with Crippen LogP contribution in [0.4, 0.5) is 9.52 Å². The van der Waals surface area contributed by atoms with Gasteiger partial charge in [0.25, 0.3) is 0 Å². The van der Waals surface area contributed by atoms with Gasteiger partial charge in [0.05, 0.1) is 36.3 Å². The highest BCUT2D eigenvalue weighted by molar-refractivity contribution is 7.22. The second-order valence-electron chi connectivity index (χ2n) is 6.32. The topological polar surface area (TPSA) is 71.1 Å². The Kier molecular flexibility index (Phi) is 5.48. The van der Waals surface area contributed by atoms with Crippen molar-refractivity contribution in [2.75, 3.05) is 11.5 Å². The number of aromatic nitrogens is 3. The van der Waals surface area contributed by atoms with Crippen molar-refractivity contribution in [3.63, 3.8) is 0 Å². The Hall–Kier alpha value is -3.00. The summed E-state index contributed by atoms with van der Waals surface area (Å²) in [7, 11) is 0. The maximum Gasteiger partial charge on any atom is 0.232 e. The van der Waals surface area contributed by atoms with E-state index in [1.807, 2.05) is 12.2 Å². The number of amides is 1. The fraction of sp³-hybridized carbons (Fsp3) is 0.250. The van der Waals surface area contributed by atoms with Crippen LogP contribution in [-0.4, -0.2) is 27.5 Å². The van der Waals surface area contributed by atoms with Crippen molar-refractivity contribution >= 4 is 32.6 Å². The SMILES string of the molecule is O=C(CCOC1=CCCC=C1)N(Cc1cnc[nH]1)c1nc2c(F)cccc2s1. The molecule has 2 heterocycles. The van der Waals surface area contributed by atoms with Gasteiger partial charge in [0, 0.05) is 6.20 Å². The first-order chi connectivity index (χ1) is 13.7. The Morgan fingerprint density at radius 3 is 3.04 bits per heavy atom. The van der Waals surface area contributed by atoms with E-state index in [1.54, 1.807) is 29.6 Å². The van der Waals surface area contributed by atoms with Gasteiger partial charge in [-0.05, 0) is 37.1 Å².